The number of amides is 2. The van der Waals surface area contributed by atoms with Crippen molar-refractivity contribution in [3.63, 3.8) is 0 Å². The van der Waals surface area contributed by atoms with E-state index < -0.39 is 0 Å². The van der Waals surface area contributed by atoms with Gasteiger partial charge in [0.15, 0.2) is 0 Å². The first-order valence-electron chi connectivity index (χ1n) is 8.40. The zero-order valence-electron chi connectivity index (χ0n) is 14.5. The number of halogens is 1. The van der Waals surface area contributed by atoms with Crippen LogP contribution in [0, 0.1) is 11.3 Å². The average Bonchev–Trinajstić information content (AvgIpc) is 2.55. The summed E-state index contributed by atoms with van der Waals surface area (Å²) in [6.07, 6.45) is 2.07. The maximum Gasteiger partial charge on any atom is 0.252 e. The minimum Gasteiger partial charge on any atom is -0.351 e. The van der Waals surface area contributed by atoms with Crippen molar-refractivity contribution < 1.29 is 9.59 Å². The second kappa shape index (κ2) is 7.99. The first kappa shape index (κ1) is 18.7. The molecule has 1 aromatic carbocycles. The molecule has 5 nitrogen and oxygen atoms in total. The van der Waals surface area contributed by atoms with Crippen LogP contribution >= 0.6 is 11.6 Å². The lowest BCUT2D eigenvalue weighted by atomic mass is 9.81. The maximum absolute atomic E-state index is 12.5. The third kappa shape index (κ3) is 4.95. The van der Waals surface area contributed by atoms with Crippen molar-refractivity contribution in [1.29, 1.82) is 0 Å². The van der Waals surface area contributed by atoms with Gasteiger partial charge in [-0.1, -0.05) is 32.4 Å². The highest BCUT2D eigenvalue weighted by Crippen LogP contribution is 2.27. The van der Waals surface area contributed by atoms with Crippen LogP contribution in [0.15, 0.2) is 18.2 Å². The maximum atomic E-state index is 12.5. The highest BCUT2D eigenvalue weighted by molar-refractivity contribution is 6.34. The number of hydrogen-bond acceptors (Lipinski definition) is 3. The van der Waals surface area contributed by atoms with E-state index in [1.165, 1.54) is 0 Å². The Balaban J connectivity index is 2.04. The fourth-order valence-corrected chi connectivity index (χ4v) is 2.86. The monoisotopic (exact) mass is 351 g/mol. The van der Waals surface area contributed by atoms with Crippen molar-refractivity contribution in [2.45, 2.75) is 33.6 Å². The second-order valence-corrected chi connectivity index (χ2v) is 7.49. The molecule has 2 rings (SSSR count). The molecule has 1 saturated heterocycles. The molecule has 0 saturated carbocycles. The summed E-state index contributed by atoms with van der Waals surface area (Å²) in [6.45, 7) is 8.40. The van der Waals surface area contributed by atoms with Crippen LogP contribution in [0.2, 0.25) is 5.02 Å². The SMILES string of the molecule is CC(C)C(=O)Nc1ccc(Cl)c(C(=O)NCC2(C)CCNCC2)c1. The number of rotatable bonds is 5. The van der Waals surface area contributed by atoms with Gasteiger partial charge in [-0.05, 0) is 49.5 Å². The number of hydrogen-bond donors (Lipinski definition) is 3. The van der Waals surface area contributed by atoms with Crippen molar-refractivity contribution in [2.75, 3.05) is 25.0 Å². The van der Waals surface area contributed by atoms with E-state index in [1.54, 1.807) is 18.2 Å². The van der Waals surface area contributed by atoms with Crippen LogP contribution in [0.5, 0.6) is 0 Å². The van der Waals surface area contributed by atoms with Crippen LogP contribution in [0.25, 0.3) is 0 Å². The summed E-state index contributed by atoms with van der Waals surface area (Å²) in [4.78, 5) is 24.3. The van der Waals surface area contributed by atoms with Crippen molar-refractivity contribution in [1.82, 2.24) is 10.6 Å². The molecule has 0 radical (unpaired) electrons. The number of carbonyl (C=O) groups is 2. The molecule has 1 heterocycles. The Bertz CT molecular complexity index is 610. The topological polar surface area (TPSA) is 70.2 Å². The van der Waals surface area contributed by atoms with Gasteiger partial charge in [0.1, 0.15) is 0 Å². The number of benzene rings is 1. The van der Waals surface area contributed by atoms with Gasteiger partial charge >= 0.3 is 0 Å². The molecule has 0 aliphatic carbocycles. The van der Waals surface area contributed by atoms with Crippen LogP contribution in [-0.2, 0) is 4.79 Å². The van der Waals surface area contributed by atoms with Gasteiger partial charge in [0, 0.05) is 18.2 Å². The number of piperidine rings is 1. The van der Waals surface area contributed by atoms with Gasteiger partial charge in [0.05, 0.1) is 10.6 Å². The van der Waals surface area contributed by atoms with Gasteiger partial charge in [-0.15, -0.1) is 0 Å². The molecule has 0 unspecified atom stereocenters. The van der Waals surface area contributed by atoms with E-state index >= 15 is 0 Å². The predicted octanol–water partition coefficient (Wildman–Crippen LogP) is 3.05. The molecule has 0 aromatic heterocycles. The van der Waals surface area contributed by atoms with Gasteiger partial charge in [-0.2, -0.15) is 0 Å². The summed E-state index contributed by atoms with van der Waals surface area (Å²) in [5.74, 6) is -0.427. The van der Waals surface area contributed by atoms with E-state index in [1.807, 2.05) is 13.8 Å². The van der Waals surface area contributed by atoms with Crippen LogP contribution in [0.4, 0.5) is 5.69 Å². The summed E-state index contributed by atoms with van der Waals surface area (Å²) in [6, 6.07) is 4.97. The van der Waals surface area contributed by atoms with E-state index in [-0.39, 0.29) is 23.1 Å². The molecule has 132 valence electrons. The van der Waals surface area contributed by atoms with Crippen LogP contribution in [-0.4, -0.2) is 31.4 Å². The molecule has 0 spiro atoms. The van der Waals surface area contributed by atoms with Gasteiger partial charge in [0.2, 0.25) is 5.91 Å². The second-order valence-electron chi connectivity index (χ2n) is 7.08. The number of carbonyl (C=O) groups excluding carboxylic acids is 2. The molecular weight excluding hydrogens is 326 g/mol. The number of anilines is 1. The van der Waals surface area contributed by atoms with Crippen LogP contribution < -0.4 is 16.0 Å². The van der Waals surface area contributed by atoms with Crippen molar-refractivity contribution in [2.24, 2.45) is 11.3 Å². The molecule has 2 amide bonds. The minimum absolute atomic E-state index is 0.0918. The van der Waals surface area contributed by atoms with Gasteiger partial charge in [0.25, 0.3) is 5.91 Å². The molecule has 3 N–H and O–H groups in total. The third-order valence-electron chi connectivity index (χ3n) is 4.49. The van der Waals surface area contributed by atoms with Gasteiger partial charge in [-0.25, -0.2) is 0 Å². The summed E-state index contributed by atoms with van der Waals surface area (Å²) < 4.78 is 0. The zero-order chi connectivity index (χ0) is 17.7. The highest BCUT2D eigenvalue weighted by Gasteiger charge is 2.27. The van der Waals surface area contributed by atoms with E-state index in [0.717, 1.165) is 25.9 Å². The van der Waals surface area contributed by atoms with E-state index in [2.05, 4.69) is 22.9 Å². The lowest BCUT2D eigenvalue weighted by Crippen LogP contribution is -2.42. The van der Waals surface area contributed by atoms with Crippen molar-refractivity contribution >= 4 is 29.1 Å². The largest absolute Gasteiger partial charge is 0.351 e. The average molecular weight is 352 g/mol. The molecule has 0 bridgehead atoms. The van der Waals surface area contributed by atoms with Crippen LogP contribution in [0.3, 0.4) is 0 Å². The quantitative estimate of drug-likeness (QED) is 0.763. The Morgan fingerprint density at radius 1 is 1.29 bits per heavy atom. The normalized spacial score (nSPS) is 16.7. The predicted molar refractivity (Wildman–Crippen MR) is 97.5 cm³/mol. The molecule has 1 fully saturated rings. The molecule has 1 aliphatic heterocycles. The van der Waals surface area contributed by atoms with Crippen molar-refractivity contribution in [3.05, 3.63) is 28.8 Å². The molecule has 24 heavy (non-hydrogen) atoms. The lowest BCUT2D eigenvalue weighted by Gasteiger charge is -2.34. The Morgan fingerprint density at radius 3 is 2.58 bits per heavy atom. The van der Waals surface area contributed by atoms with E-state index in [0.29, 0.717) is 22.8 Å². The van der Waals surface area contributed by atoms with Crippen molar-refractivity contribution in [3.8, 4) is 0 Å². The molecular formula is C18H26ClN3O2. The molecule has 0 atom stereocenters. The summed E-state index contributed by atoms with van der Waals surface area (Å²) in [5, 5.41) is 9.49. The molecule has 6 heteroatoms. The first-order chi connectivity index (χ1) is 11.3. The third-order valence-corrected chi connectivity index (χ3v) is 4.82. The van der Waals surface area contributed by atoms with E-state index in [9.17, 15) is 9.59 Å². The van der Waals surface area contributed by atoms with E-state index in [4.69, 9.17) is 11.6 Å². The Kier molecular flexibility index (Phi) is 6.24. The van der Waals surface area contributed by atoms with Crippen LogP contribution in [0.1, 0.15) is 44.0 Å². The fourth-order valence-electron chi connectivity index (χ4n) is 2.66. The van der Waals surface area contributed by atoms with Gasteiger partial charge < -0.3 is 16.0 Å². The number of nitrogens with one attached hydrogen (secondary N) is 3. The molecule has 1 aromatic rings. The Hall–Kier alpha value is -1.59. The summed E-state index contributed by atoms with van der Waals surface area (Å²) >= 11 is 6.16. The standard InChI is InChI=1S/C18H26ClN3O2/c1-12(2)16(23)22-13-4-5-15(19)14(10-13)17(24)21-11-18(3)6-8-20-9-7-18/h4-5,10,12,20H,6-9,11H2,1-3H3,(H,21,24)(H,22,23). The smallest absolute Gasteiger partial charge is 0.252 e. The highest BCUT2D eigenvalue weighted by atomic mass is 35.5. The zero-order valence-corrected chi connectivity index (χ0v) is 15.3. The Morgan fingerprint density at radius 2 is 1.96 bits per heavy atom. The van der Waals surface area contributed by atoms with Gasteiger partial charge in [-0.3, -0.25) is 9.59 Å². The Labute approximate surface area is 148 Å². The lowest BCUT2D eigenvalue weighted by molar-refractivity contribution is -0.118. The fraction of sp³-hybridized carbons (Fsp3) is 0.556. The summed E-state index contributed by atoms with van der Waals surface area (Å²) in [7, 11) is 0. The minimum atomic E-state index is -0.208. The molecule has 1 aliphatic rings. The summed E-state index contributed by atoms with van der Waals surface area (Å²) in [5.41, 5.74) is 1.07. The first-order valence-corrected chi connectivity index (χ1v) is 8.78.